The van der Waals surface area contributed by atoms with Crippen LogP contribution in [0.15, 0.2) is 24.3 Å². The Balaban J connectivity index is 1.92. The molecule has 0 unspecified atom stereocenters. The highest BCUT2D eigenvalue weighted by atomic mass is 15.0. The molecule has 0 fully saturated rings. The Morgan fingerprint density at radius 3 is 1.25 bits per heavy atom. The second kappa shape index (κ2) is 12.3. The molecule has 0 amide bonds. The maximum Gasteiger partial charge on any atom is 0.0518 e. The van der Waals surface area contributed by atoms with Gasteiger partial charge in [-0.1, -0.05) is 66.2 Å². The molecule has 4 aromatic rings. The van der Waals surface area contributed by atoms with Gasteiger partial charge in [0.2, 0.25) is 0 Å². The van der Waals surface area contributed by atoms with Crippen molar-refractivity contribution in [2.75, 3.05) is 0 Å². The molecule has 0 atom stereocenters. The van der Waals surface area contributed by atoms with Gasteiger partial charge in [0.25, 0.3) is 0 Å². The monoisotopic (exact) mass is 486 g/mol. The zero-order valence-corrected chi connectivity index (χ0v) is 24.1. The van der Waals surface area contributed by atoms with Crippen molar-refractivity contribution in [1.82, 2.24) is 9.13 Å². The third-order valence-electron chi connectivity index (χ3n) is 8.38. The molecule has 0 radical (unpaired) electrons. The molecule has 0 spiro atoms. The molecule has 196 valence electrons. The fourth-order valence-corrected chi connectivity index (χ4v) is 6.33. The van der Waals surface area contributed by atoms with Crippen LogP contribution in [0.3, 0.4) is 0 Å². The summed E-state index contributed by atoms with van der Waals surface area (Å²) >= 11 is 0. The molecule has 0 aliphatic carbocycles. The van der Waals surface area contributed by atoms with Crippen molar-refractivity contribution in [3.05, 3.63) is 46.8 Å². The Morgan fingerprint density at radius 1 is 0.500 bits per heavy atom. The first-order valence-electron chi connectivity index (χ1n) is 15.1. The Hall–Kier alpha value is -2.22. The van der Waals surface area contributed by atoms with Crippen molar-refractivity contribution in [1.29, 1.82) is 0 Å². The van der Waals surface area contributed by atoms with Gasteiger partial charge in [0.15, 0.2) is 0 Å². The van der Waals surface area contributed by atoms with Crippen molar-refractivity contribution in [2.45, 2.75) is 132 Å². The van der Waals surface area contributed by atoms with E-state index in [0.717, 1.165) is 13.1 Å². The van der Waals surface area contributed by atoms with Crippen LogP contribution in [0.4, 0.5) is 0 Å². The van der Waals surface area contributed by atoms with Gasteiger partial charge in [-0.2, -0.15) is 0 Å². The van der Waals surface area contributed by atoms with Crippen LogP contribution in [-0.2, 0) is 25.9 Å². The van der Waals surface area contributed by atoms with E-state index in [1.807, 2.05) is 0 Å². The minimum absolute atomic E-state index is 1.15. The Bertz CT molecular complexity index is 1200. The van der Waals surface area contributed by atoms with Crippen molar-refractivity contribution < 1.29 is 0 Å². The van der Waals surface area contributed by atoms with Gasteiger partial charge in [0.1, 0.15) is 0 Å². The number of nitrogens with zero attached hydrogens (tertiary/aromatic N) is 2. The Kier molecular flexibility index (Phi) is 9.20. The van der Waals surface area contributed by atoms with E-state index in [1.54, 1.807) is 0 Å². The maximum absolute atomic E-state index is 2.68. The summed E-state index contributed by atoms with van der Waals surface area (Å²) in [5, 5.41) is 5.80. The van der Waals surface area contributed by atoms with Gasteiger partial charge in [0.05, 0.1) is 11.0 Å². The van der Waals surface area contributed by atoms with Gasteiger partial charge < -0.3 is 9.13 Å². The molecule has 2 heteroatoms. The molecule has 0 saturated carbocycles. The van der Waals surface area contributed by atoms with Crippen LogP contribution >= 0.6 is 0 Å². The zero-order valence-electron chi connectivity index (χ0n) is 24.1. The molecule has 0 aliphatic rings. The van der Waals surface area contributed by atoms with Gasteiger partial charge in [-0.15, -0.1) is 0 Å². The first-order chi connectivity index (χ1) is 17.5. The first-order valence-corrected chi connectivity index (χ1v) is 15.1. The number of aryl methyl sites for hydroxylation is 6. The third kappa shape index (κ3) is 5.24. The molecule has 0 N–H and O–H groups in total. The molecular formula is C34H50N2. The van der Waals surface area contributed by atoms with Gasteiger partial charge in [-0.3, -0.25) is 0 Å². The summed E-state index contributed by atoms with van der Waals surface area (Å²) in [7, 11) is 0. The smallest absolute Gasteiger partial charge is 0.0518 e. The van der Waals surface area contributed by atoms with E-state index in [2.05, 4.69) is 74.9 Å². The van der Waals surface area contributed by atoms with Crippen LogP contribution < -0.4 is 0 Å². The molecule has 0 aliphatic heterocycles. The molecule has 0 bridgehead atoms. The lowest BCUT2D eigenvalue weighted by atomic mass is 9.96. The molecule has 2 heterocycles. The largest absolute Gasteiger partial charge is 0.344 e. The predicted molar refractivity (Wildman–Crippen MR) is 161 cm³/mol. The van der Waals surface area contributed by atoms with Crippen LogP contribution in [0.5, 0.6) is 0 Å². The zero-order chi connectivity index (χ0) is 25.7. The summed E-state index contributed by atoms with van der Waals surface area (Å²) in [6.07, 6.45) is 15.2. The SMILES string of the molecule is CCCCCn1c(CCCC)cc2cc3c(C)c4c(cc(CCCC)n4CCCCC)cc3c(C)c21. The normalized spacial score (nSPS) is 12.1. The van der Waals surface area contributed by atoms with E-state index in [1.165, 1.54) is 132 Å². The van der Waals surface area contributed by atoms with E-state index in [-0.39, 0.29) is 0 Å². The van der Waals surface area contributed by atoms with Crippen LogP contribution in [-0.4, -0.2) is 9.13 Å². The lowest BCUT2D eigenvalue weighted by Gasteiger charge is -2.16. The van der Waals surface area contributed by atoms with Crippen LogP contribution in [0.1, 0.15) is 114 Å². The molecule has 2 nitrogen and oxygen atoms in total. The quantitative estimate of drug-likeness (QED) is 0.157. The minimum atomic E-state index is 1.15. The molecule has 2 aromatic heterocycles. The number of hydrogen-bond acceptors (Lipinski definition) is 0. The van der Waals surface area contributed by atoms with Crippen molar-refractivity contribution in [3.63, 3.8) is 0 Å². The standard InChI is InChI=1S/C34H50N2/c1-7-11-15-19-35-29(17-13-9-3)21-27-23-32-26(6)34-28(24-31(32)25(5)33(27)35)22-30(18-14-10-4)36(34)20-16-12-8-2/h21-24H,7-20H2,1-6H3. The summed E-state index contributed by atoms with van der Waals surface area (Å²) in [6.45, 7) is 16.3. The fourth-order valence-electron chi connectivity index (χ4n) is 6.33. The van der Waals surface area contributed by atoms with E-state index in [0.29, 0.717) is 0 Å². The van der Waals surface area contributed by atoms with Gasteiger partial charge in [0, 0.05) is 35.2 Å². The summed E-state index contributed by atoms with van der Waals surface area (Å²) < 4.78 is 5.36. The number of rotatable bonds is 14. The molecule has 2 aromatic carbocycles. The summed E-state index contributed by atoms with van der Waals surface area (Å²) in [6, 6.07) is 10.1. The number of fused-ring (bicyclic) bond motifs is 3. The molecular weight excluding hydrogens is 436 g/mol. The van der Waals surface area contributed by atoms with Crippen molar-refractivity contribution in [3.8, 4) is 0 Å². The number of unbranched alkanes of at least 4 members (excludes halogenated alkanes) is 6. The lowest BCUT2D eigenvalue weighted by Crippen LogP contribution is -2.05. The van der Waals surface area contributed by atoms with E-state index >= 15 is 0 Å². The van der Waals surface area contributed by atoms with Crippen LogP contribution in [0.2, 0.25) is 0 Å². The Morgan fingerprint density at radius 2 is 0.889 bits per heavy atom. The van der Waals surface area contributed by atoms with Crippen molar-refractivity contribution >= 4 is 32.6 Å². The van der Waals surface area contributed by atoms with Crippen LogP contribution in [0.25, 0.3) is 32.6 Å². The Labute approximate surface area is 220 Å². The number of aromatic nitrogens is 2. The number of hydrogen-bond donors (Lipinski definition) is 0. The second-order valence-corrected chi connectivity index (χ2v) is 11.2. The first kappa shape index (κ1) is 26.8. The van der Waals surface area contributed by atoms with E-state index < -0.39 is 0 Å². The lowest BCUT2D eigenvalue weighted by molar-refractivity contribution is 0.591. The molecule has 36 heavy (non-hydrogen) atoms. The topological polar surface area (TPSA) is 9.86 Å². The van der Waals surface area contributed by atoms with Crippen molar-refractivity contribution in [2.24, 2.45) is 0 Å². The van der Waals surface area contributed by atoms with Gasteiger partial charge >= 0.3 is 0 Å². The summed E-state index contributed by atoms with van der Waals surface area (Å²) in [4.78, 5) is 0. The second-order valence-electron chi connectivity index (χ2n) is 11.2. The summed E-state index contributed by atoms with van der Waals surface area (Å²) in [5.41, 5.74) is 8.99. The average molecular weight is 487 g/mol. The van der Waals surface area contributed by atoms with E-state index in [4.69, 9.17) is 0 Å². The predicted octanol–water partition coefficient (Wildman–Crippen LogP) is 10.4. The molecule has 0 saturated heterocycles. The summed E-state index contributed by atoms with van der Waals surface area (Å²) in [5.74, 6) is 0. The van der Waals surface area contributed by atoms with Crippen LogP contribution in [0, 0.1) is 13.8 Å². The van der Waals surface area contributed by atoms with Gasteiger partial charge in [-0.25, -0.2) is 0 Å². The average Bonchev–Trinajstić information content (AvgIpc) is 3.40. The highest BCUT2D eigenvalue weighted by Gasteiger charge is 2.18. The maximum atomic E-state index is 2.68. The van der Waals surface area contributed by atoms with E-state index in [9.17, 15) is 0 Å². The highest BCUT2D eigenvalue weighted by Crippen LogP contribution is 2.37. The molecule has 4 rings (SSSR count). The highest BCUT2D eigenvalue weighted by molar-refractivity contribution is 6.09. The third-order valence-corrected chi connectivity index (χ3v) is 8.38. The number of benzene rings is 2. The van der Waals surface area contributed by atoms with Gasteiger partial charge in [-0.05, 0) is 98.5 Å². The minimum Gasteiger partial charge on any atom is -0.344 e. The fraction of sp³-hybridized carbons (Fsp3) is 0.588.